The number of ether oxygens (including phenoxy) is 2. The van der Waals surface area contributed by atoms with Crippen LogP contribution in [0.4, 0.5) is 9.18 Å². The van der Waals surface area contributed by atoms with Gasteiger partial charge in [0.2, 0.25) is 0 Å². The van der Waals surface area contributed by atoms with Crippen LogP contribution in [0.1, 0.15) is 31.9 Å². The van der Waals surface area contributed by atoms with Crippen LogP contribution in [0, 0.1) is 17.3 Å². The Morgan fingerprint density at radius 1 is 1.24 bits per heavy atom. The summed E-state index contributed by atoms with van der Waals surface area (Å²) in [6.07, 6.45) is -0.361. The molecule has 1 fully saturated rings. The van der Waals surface area contributed by atoms with E-state index in [0.717, 1.165) is 0 Å². The minimum atomic E-state index is -1.79. The number of carbonyl (C=O) groups excluding carboxylic acids is 1. The molecule has 0 aromatic heterocycles. The highest BCUT2D eigenvalue weighted by Crippen LogP contribution is 2.44. The fourth-order valence-corrected chi connectivity index (χ4v) is 5.24. The van der Waals surface area contributed by atoms with Crippen LogP contribution < -0.4 is 4.74 Å². The molecular formula is C28H34ClFN2O4Si. The summed E-state index contributed by atoms with van der Waals surface area (Å²) in [7, 11) is -1.79. The average Bonchev–Trinajstić information content (AvgIpc) is 2.96. The Hall–Kier alpha value is -2.73. The van der Waals surface area contributed by atoms with Gasteiger partial charge in [-0.1, -0.05) is 43.2 Å². The molecule has 0 aliphatic carbocycles. The number of hydrogen-bond donors (Lipinski definition) is 1. The van der Waals surface area contributed by atoms with E-state index in [1.807, 2.05) is 26.8 Å². The molecule has 0 unspecified atom stereocenters. The summed E-state index contributed by atoms with van der Waals surface area (Å²) in [5.74, 6) is 2.61. The number of aromatic hydroxyl groups is 1. The van der Waals surface area contributed by atoms with E-state index in [1.54, 1.807) is 17.0 Å². The minimum absolute atomic E-state index is 0.123. The van der Waals surface area contributed by atoms with Gasteiger partial charge < -0.3 is 19.5 Å². The third-order valence-electron chi connectivity index (χ3n) is 6.16. The Morgan fingerprint density at radius 2 is 1.97 bits per heavy atom. The Bertz CT molecular complexity index is 1260. The number of amides is 1. The van der Waals surface area contributed by atoms with Crippen LogP contribution in [0.3, 0.4) is 0 Å². The summed E-state index contributed by atoms with van der Waals surface area (Å²) < 4.78 is 27.9. The van der Waals surface area contributed by atoms with Crippen molar-refractivity contribution < 1.29 is 23.8 Å². The molecule has 1 saturated heterocycles. The van der Waals surface area contributed by atoms with Gasteiger partial charge in [0.25, 0.3) is 0 Å². The van der Waals surface area contributed by atoms with Crippen molar-refractivity contribution in [2.75, 3.05) is 26.2 Å². The Balaban J connectivity index is 1.73. The highest BCUT2D eigenvalue weighted by molar-refractivity contribution is 6.83. The Labute approximate surface area is 224 Å². The van der Waals surface area contributed by atoms with Gasteiger partial charge in [-0.25, -0.2) is 9.18 Å². The topological polar surface area (TPSA) is 62.2 Å². The van der Waals surface area contributed by atoms with Gasteiger partial charge in [0.15, 0.2) is 11.6 Å². The van der Waals surface area contributed by atoms with E-state index in [4.69, 9.17) is 21.1 Å². The Kier molecular flexibility index (Phi) is 7.53. The monoisotopic (exact) mass is 544 g/mol. The maximum absolute atomic E-state index is 16.3. The molecule has 0 saturated carbocycles. The first-order chi connectivity index (χ1) is 17.2. The molecule has 198 valence electrons. The molecule has 2 aliphatic heterocycles. The number of phenols is 1. The molecule has 1 atom stereocenters. The van der Waals surface area contributed by atoms with Crippen molar-refractivity contribution in [3.63, 3.8) is 0 Å². The quantitative estimate of drug-likeness (QED) is 0.358. The van der Waals surface area contributed by atoms with Gasteiger partial charge >= 0.3 is 6.09 Å². The van der Waals surface area contributed by atoms with Gasteiger partial charge in [-0.15, -0.1) is 5.54 Å². The predicted molar refractivity (Wildman–Crippen MR) is 146 cm³/mol. The molecule has 9 heteroatoms. The van der Waals surface area contributed by atoms with E-state index in [1.165, 1.54) is 6.07 Å². The Morgan fingerprint density at radius 3 is 2.62 bits per heavy atom. The van der Waals surface area contributed by atoms with Crippen LogP contribution >= 0.6 is 11.6 Å². The van der Waals surface area contributed by atoms with Crippen molar-refractivity contribution in [2.24, 2.45) is 0 Å². The van der Waals surface area contributed by atoms with Gasteiger partial charge in [-0.3, -0.25) is 4.90 Å². The summed E-state index contributed by atoms with van der Waals surface area (Å²) in [5, 5.41) is 10.9. The number of rotatable bonds is 1. The fraction of sp³-hybridized carbons (Fsp3) is 0.464. The molecule has 6 nitrogen and oxygen atoms in total. The normalized spacial score (nSPS) is 18.1. The van der Waals surface area contributed by atoms with E-state index in [2.05, 4.69) is 36.0 Å². The SMILES string of the molecule is CC(C)(C)OC(=O)N1CCN2Cc3cc(C#C[Si](C)(C)C)c(-c4c(O)cccc4Cl)c(F)c3OC[C@H]2C1. The molecule has 2 aromatic rings. The van der Waals surface area contributed by atoms with E-state index < -0.39 is 19.5 Å². The smallest absolute Gasteiger partial charge is 0.410 e. The van der Waals surface area contributed by atoms with Crippen molar-refractivity contribution in [2.45, 2.75) is 58.6 Å². The third-order valence-corrected chi connectivity index (χ3v) is 7.35. The van der Waals surface area contributed by atoms with Crippen LogP contribution in [-0.2, 0) is 11.3 Å². The predicted octanol–water partition coefficient (Wildman–Crippen LogP) is 5.89. The standard InChI is InChI=1S/C28H34ClFN2O4Si/c1-28(2,3)36-27(34)32-12-11-31-15-19-14-18(10-13-37(4,5)6)23(24-21(29)8-7-9-22(24)33)25(30)26(19)35-17-20(31)16-32/h7-9,14,20,33H,11-12,15-17H2,1-6H3/t20-/m1/s1. The lowest BCUT2D eigenvalue weighted by atomic mass is 9.95. The van der Waals surface area contributed by atoms with Crippen molar-refractivity contribution in [3.8, 4) is 34.1 Å². The summed E-state index contributed by atoms with van der Waals surface area (Å²) in [4.78, 5) is 16.5. The number of halogens is 2. The maximum Gasteiger partial charge on any atom is 0.410 e. The molecule has 2 heterocycles. The summed E-state index contributed by atoms with van der Waals surface area (Å²) in [6, 6.07) is 6.44. The molecule has 37 heavy (non-hydrogen) atoms. The number of piperazine rings is 1. The van der Waals surface area contributed by atoms with Gasteiger partial charge in [-0.2, -0.15) is 0 Å². The van der Waals surface area contributed by atoms with Crippen LogP contribution in [0.25, 0.3) is 11.1 Å². The molecule has 0 spiro atoms. The van der Waals surface area contributed by atoms with Crippen LogP contribution in [-0.4, -0.2) is 67.0 Å². The number of carbonyl (C=O) groups is 1. The summed E-state index contributed by atoms with van der Waals surface area (Å²) >= 11 is 6.44. The second kappa shape index (κ2) is 10.2. The number of phenolic OH excluding ortho intramolecular Hbond substituents is 1. The molecule has 4 rings (SSSR count). The van der Waals surface area contributed by atoms with E-state index >= 15 is 4.39 Å². The minimum Gasteiger partial charge on any atom is -0.507 e. The van der Waals surface area contributed by atoms with Crippen molar-refractivity contribution >= 4 is 25.8 Å². The third kappa shape index (κ3) is 6.23. The lowest BCUT2D eigenvalue weighted by Gasteiger charge is -2.40. The number of benzene rings is 2. The molecule has 2 aliphatic rings. The van der Waals surface area contributed by atoms with E-state index in [-0.39, 0.29) is 46.4 Å². The average molecular weight is 545 g/mol. The molecule has 0 radical (unpaired) electrons. The maximum atomic E-state index is 16.3. The second-order valence-corrected chi connectivity index (χ2v) is 16.8. The largest absolute Gasteiger partial charge is 0.507 e. The highest BCUT2D eigenvalue weighted by Gasteiger charge is 2.36. The zero-order chi connectivity index (χ0) is 27.1. The van der Waals surface area contributed by atoms with Gasteiger partial charge in [0.1, 0.15) is 26.0 Å². The second-order valence-electron chi connectivity index (χ2n) is 11.6. The van der Waals surface area contributed by atoms with Gasteiger partial charge in [-0.05, 0) is 39.0 Å². The highest BCUT2D eigenvalue weighted by atomic mass is 35.5. The zero-order valence-corrected chi connectivity index (χ0v) is 24.0. The first-order valence-electron chi connectivity index (χ1n) is 12.4. The molecule has 2 aromatic carbocycles. The van der Waals surface area contributed by atoms with E-state index in [9.17, 15) is 9.90 Å². The first-order valence-corrected chi connectivity index (χ1v) is 16.3. The number of nitrogens with zero attached hydrogens (tertiary/aromatic N) is 2. The first kappa shape index (κ1) is 27.3. The van der Waals surface area contributed by atoms with Crippen molar-refractivity contribution in [1.29, 1.82) is 0 Å². The number of fused-ring (bicyclic) bond motifs is 2. The van der Waals surface area contributed by atoms with Gasteiger partial charge in [0, 0.05) is 48.4 Å². The van der Waals surface area contributed by atoms with Gasteiger partial charge in [0.05, 0.1) is 11.1 Å². The van der Waals surface area contributed by atoms with Crippen LogP contribution in [0.15, 0.2) is 24.3 Å². The summed E-state index contributed by atoms with van der Waals surface area (Å²) in [5.41, 5.74) is 4.23. The van der Waals surface area contributed by atoms with Crippen molar-refractivity contribution in [1.82, 2.24) is 9.80 Å². The number of hydrogen-bond acceptors (Lipinski definition) is 5. The molecule has 1 amide bonds. The molecule has 1 N–H and O–H groups in total. The molecule has 0 bridgehead atoms. The lowest BCUT2D eigenvalue weighted by molar-refractivity contribution is -0.00164. The van der Waals surface area contributed by atoms with Crippen LogP contribution in [0.2, 0.25) is 24.7 Å². The van der Waals surface area contributed by atoms with E-state index in [0.29, 0.717) is 37.3 Å². The zero-order valence-electron chi connectivity index (χ0n) is 22.2. The lowest BCUT2D eigenvalue weighted by Crippen LogP contribution is -2.56. The van der Waals surface area contributed by atoms with Crippen molar-refractivity contribution in [3.05, 3.63) is 46.2 Å². The molecular weight excluding hydrogens is 511 g/mol. The van der Waals surface area contributed by atoms with Crippen LogP contribution in [0.5, 0.6) is 11.5 Å². The summed E-state index contributed by atoms with van der Waals surface area (Å²) in [6.45, 7) is 14.1. The fourth-order valence-electron chi connectivity index (χ4n) is 4.47.